The summed E-state index contributed by atoms with van der Waals surface area (Å²) in [7, 11) is 0. The predicted molar refractivity (Wildman–Crippen MR) is 167 cm³/mol. The van der Waals surface area contributed by atoms with Crippen molar-refractivity contribution in [3.05, 3.63) is 0 Å². The predicted octanol–water partition coefficient (Wildman–Crippen LogP) is -3.09. The van der Waals surface area contributed by atoms with Crippen molar-refractivity contribution in [3.63, 3.8) is 0 Å². The largest absolute Gasteiger partial charge is 1.00 e. The van der Waals surface area contributed by atoms with Gasteiger partial charge in [0.15, 0.2) is 0 Å². The third-order valence-electron chi connectivity index (χ3n) is 7.36. The number of hydrogen-bond acceptors (Lipinski definition) is 8. The van der Waals surface area contributed by atoms with E-state index in [1.807, 2.05) is 0 Å². The SMILES string of the molecule is CC(C)[C@H](N=C([O-])CCCCCCCCCCC([O-])=N[C@H](C(=O)N[C@H](C(=O)O)C(C)C)C(C)C)C(=O)N[C@H](C(=O)O)C(C)C.[Na+].[Na+]. The number of carboxylic acid groups (broad SMARTS) is 2. The molecule has 14 heteroatoms. The third kappa shape index (κ3) is 20.9. The molecule has 0 aliphatic carbocycles. The van der Waals surface area contributed by atoms with Crippen LogP contribution in [0.5, 0.6) is 0 Å². The fourth-order valence-corrected chi connectivity index (χ4v) is 4.58. The number of nitrogens with zero attached hydrogens (tertiary/aromatic N) is 2. The van der Waals surface area contributed by atoms with Crippen LogP contribution in [0.15, 0.2) is 9.98 Å². The first kappa shape index (κ1) is 49.2. The fourth-order valence-electron chi connectivity index (χ4n) is 4.58. The molecule has 2 amide bonds. The maximum absolute atomic E-state index is 12.6. The molecule has 0 spiro atoms. The molecule has 0 aromatic carbocycles. The zero-order valence-corrected chi connectivity index (χ0v) is 33.9. The summed E-state index contributed by atoms with van der Waals surface area (Å²) in [6, 6.07) is -3.93. The number of rotatable bonds is 23. The van der Waals surface area contributed by atoms with Gasteiger partial charge in [-0.15, -0.1) is 0 Å². The van der Waals surface area contributed by atoms with E-state index < -0.39 is 47.9 Å². The zero-order chi connectivity index (χ0) is 34.0. The van der Waals surface area contributed by atoms with Gasteiger partial charge in [0.25, 0.3) is 0 Å². The summed E-state index contributed by atoms with van der Waals surface area (Å²) in [6.07, 6.45) is 7.36. The van der Waals surface area contributed by atoms with Gasteiger partial charge < -0.3 is 31.1 Å². The van der Waals surface area contributed by atoms with Crippen molar-refractivity contribution in [2.75, 3.05) is 0 Å². The Balaban J connectivity index is -0.00000924. The molecule has 0 bridgehead atoms. The molecule has 4 N–H and O–H groups in total. The molecule has 0 saturated heterocycles. The Morgan fingerprint density at radius 1 is 0.522 bits per heavy atom. The van der Waals surface area contributed by atoms with Crippen LogP contribution in [0.1, 0.15) is 120 Å². The molecule has 46 heavy (non-hydrogen) atoms. The molecule has 0 saturated carbocycles. The summed E-state index contributed by atoms with van der Waals surface area (Å²) in [4.78, 5) is 56.1. The Morgan fingerprint density at radius 2 is 0.783 bits per heavy atom. The normalized spacial score (nSPS) is 14.7. The van der Waals surface area contributed by atoms with Gasteiger partial charge in [-0.3, -0.25) is 19.6 Å². The molecule has 0 heterocycles. The van der Waals surface area contributed by atoms with Gasteiger partial charge in [-0.25, -0.2) is 9.59 Å². The number of aliphatic imine (C=N–C) groups is 2. The molecular weight excluding hydrogens is 614 g/mol. The molecule has 0 aliphatic rings. The second-order valence-corrected chi connectivity index (χ2v) is 12.9. The van der Waals surface area contributed by atoms with E-state index in [9.17, 15) is 39.6 Å². The Morgan fingerprint density at radius 3 is 1.00 bits per heavy atom. The summed E-state index contributed by atoms with van der Waals surface area (Å²) in [5.74, 6) is -5.16. The zero-order valence-electron chi connectivity index (χ0n) is 29.9. The molecule has 0 aliphatic heterocycles. The Bertz CT molecular complexity index is 898. The van der Waals surface area contributed by atoms with Crippen LogP contribution in [-0.2, 0) is 19.2 Å². The summed E-state index contributed by atoms with van der Waals surface area (Å²) in [5.41, 5.74) is 0. The van der Waals surface area contributed by atoms with Crippen molar-refractivity contribution in [1.29, 1.82) is 0 Å². The van der Waals surface area contributed by atoms with Crippen molar-refractivity contribution in [2.45, 2.75) is 144 Å². The number of amides is 2. The fraction of sp³-hybridized carbons (Fsp3) is 0.812. The van der Waals surface area contributed by atoms with Crippen LogP contribution in [0, 0.1) is 23.7 Å². The van der Waals surface area contributed by atoms with E-state index in [2.05, 4.69) is 20.6 Å². The van der Waals surface area contributed by atoms with Gasteiger partial charge in [0.2, 0.25) is 11.8 Å². The van der Waals surface area contributed by atoms with Crippen LogP contribution in [-0.4, -0.2) is 69.9 Å². The molecule has 4 atom stereocenters. The topological polar surface area (TPSA) is 204 Å². The van der Waals surface area contributed by atoms with E-state index in [1.54, 1.807) is 55.4 Å². The molecule has 0 aromatic rings. The molecule has 0 fully saturated rings. The molecule has 0 radical (unpaired) electrons. The number of carbonyl (C=O) groups excluding carboxylic acids is 2. The number of nitrogens with one attached hydrogen (secondary N) is 2. The standard InChI is InChI=1S/C32H58N4O8.2Na/c1-19(2)25(29(39)35-27(21(5)6)31(41)42)33-23(37)17-15-13-11-9-10-12-14-16-18-24(38)34-26(20(3)4)30(40)36-28(22(7)8)32(43)44;;/h19-22,25-28H,9-18H2,1-8H3,(H,33,37)(H,34,38)(H,35,39)(H,36,40)(H,41,42)(H,43,44);;/q;2*+1/p-2/t25-,26-,27-,28-;;/m0../s1. The van der Waals surface area contributed by atoms with Crippen LogP contribution >= 0.6 is 0 Å². The van der Waals surface area contributed by atoms with Crippen LogP contribution in [0.25, 0.3) is 0 Å². The molecule has 0 aromatic heterocycles. The second-order valence-electron chi connectivity index (χ2n) is 12.9. The monoisotopic (exact) mass is 670 g/mol. The van der Waals surface area contributed by atoms with Crippen molar-refractivity contribution in [2.24, 2.45) is 33.7 Å². The number of unbranched alkanes of at least 4 members (excludes halogenated alkanes) is 7. The first-order chi connectivity index (χ1) is 20.5. The summed E-state index contributed by atoms with van der Waals surface area (Å²) in [6.45, 7) is 13.9. The van der Waals surface area contributed by atoms with E-state index in [4.69, 9.17) is 0 Å². The summed E-state index contributed by atoms with van der Waals surface area (Å²) >= 11 is 0. The number of carbonyl (C=O) groups is 4. The maximum Gasteiger partial charge on any atom is 1.00 e. The van der Waals surface area contributed by atoms with Crippen molar-refractivity contribution in [1.82, 2.24) is 10.6 Å². The van der Waals surface area contributed by atoms with E-state index in [0.717, 1.165) is 38.5 Å². The minimum Gasteiger partial charge on any atom is -0.862 e. The van der Waals surface area contributed by atoms with Crippen LogP contribution in [0.3, 0.4) is 0 Å². The molecular formula is C32H56N4Na2O8. The van der Waals surface area contributed by atoms with Crippen molar-refractivity contribution < 1.29 is 98.7 Å². The Hall–Kier alpha value is -1.18. The van der Waals surface area contributed by atoms with Gasteiger partial charge in [0.1, 0.15) is 24.2 Å². The van der Waals surface area contributed by atoms with E-state index in [0.29, 0.717) is 12.8 Å². The third-order valence-corrected chi connectivity index (χ3v) is 7.36. The number of hydrogen-bond donors (Lipinski definition) is 4. The van der Waals surface area contributed by atoms with Crippen LogP contribution in [0.4, 0.5) is 0 Å². The second kappa shape index (κ2) is 26.7. The van der Waals surface area contributed by atoms with Gasteiger partial charge in [-0.2, -0.15) is 0 Å². The Labute approximate surface area is 320 Å². The first-order valence-electron chi connectivity index (χ1n) is 16.0. The van der Waals surface area contributed by atoms with Crippen molar-refractivity contribution in [3.8, 4) is 0 Å². The number of aliphatic carboxylic acids is 2. The smallest absolute Gasteiger partial charge is 0.862 e. The van der Waals surface area contributed by atoms with E-state index in [-0.39, 0.29) is 107 Å². The van der Waals surface area contributed by atoms with Gasteiger partial charge in [0, 0.05) is 0 Å². The quantitative estimate of drug-likeness (QED) is 0.0379. The molecule has 254 valence electrons. The maximum atomic E-state index is 12.6. The van der Waals surface area contributed by atoms with E-state index >= 15 is 0 Å². The number of carboxylic acids is 2. The van der Waals surface area contributed by atoms with Gasteiger partial charge in [-0.1, -0.05) is 93.9 Å². The summed E-state index contributed by atoms with van der Waals surface area (Å²) in [5, 5.41) is 48.4. The molecule has 12 nitrogen and oxygen atoms in total. The minimum absolute atomic E-state index is 0. The van der Waals surface area contributed by atoms with Crippen molar-refractivity contribution >= 4 is 35.5 Å². The molecule has 0 rings (SSSR count). The van der Waals surface area contributed by atoms with Crippen LogP contribution < -0.4 is 80.0 Å². The van der Waals surface area contributed by atoms with E-state index in [1.165, 1.54) is 0 Å². The summed E-state index contributed by atoms with van der Waals surface area (Å²) < 4.78 is 0. The average Bonchev–Trinajstić information content (AvgIpc) is 2.91. The first-order valence-corrected chi connectivity index (χ1v) is 16.0. The van der Waals surface area contributed by atoms with Gasteiger partial charge in [0.05, 0.1) is 0 Å². The van der Waals surface area contributed by atoms with Crippen LogP contribution in [0.2, 0.25) is 0 Å². The molecule has 0 unspecified atom stereocenters. The van der Waals surface area contributed by atoms with Gasteiger partial charge >= 0.3 is 71.1 Å². The van der Waals surface area contributed by atoms with Gasteiger partial charge in [-0.05, 0) is 61.2 Å². The average molecular weight is 671 g/mol. The minimum atomic E-state index is -1.12. The Kier molecular flexibility index (Phi) is 28.6.